The van der Waals surface area contributed by atoms with Crippen molar-refractivity contribution >= 4 is 22.7 Å². The third kappa shape index (κ3) is 5.31. The van der Waals surface area contributed by atoms with Crippen LogP contribution in [0.15, 0.2) is 101 Å². The highest BCUT2D eigenvalue weighted by molar-refractivity contribution is 6.04. The van der Waals surface area contributed by atoms with Gasteiger partial charge in [0.05, 0.1) is 0 Å². The lowest BCUT2D eigenvalue weighted by Gasteiger charge is -2.08. The molecular formula is C31H28N2O3. The van der Waals surface area contributed by atoms with E-state index in [1.807, 2.05) is 60.7 Å². The zero-order valence-corrected chi connectivity index (χ0v) is 20.4. The van der Waals surface area contributed by atoms with Crippen LogP contribution in [0.5, 0.6) is 5.75 Å². The van der Waals surface area contributed by atoms with E-state index in [2.05, 4.69) is 36.3 Å². The number of carbonyl (C=O) groups excluding carboxylic acids is 1. The molecule has 5 aromatic rings. The summed E-state index contributed by atoms with van der Waals surface area (Å²) >= 11 is 0. The first kappa shape index (κ1) is 23.4. The summed E-state index contributed by atoms with van der Waals surface area (Å²) in [7, 11) is 0. The summed E-state index contributed by atoms with van der Waals surface area (Å²) in [4.78, 5) is 17.4. The smallest absolute Gasteiger partial charge is 0.255 e. The first-order valence-electron chi connectivity index (χ1n) is 12.2. The maximum absolute atomic E-state index is 12.7. The molecule has 36 heavy (non-hydrogen) atoms. The number of rotatable bonds is 8. The SMILES string of the molecule is CC[C@H](C)c1ccc2oc(-c3ccc(NC(=O)c4ccc(OCc5ccccc5)cc4)cc3)nc2c1. The van der Waals surface area contributed by atoms with Gasteiger partial charge in [-0.25, -0.2) is 4.98 Å². The first-order chi connectivity index (χ1) is 17.6. The van der Waals surface area contributed by atoms with Gasteiger partial charge in [-0.05, 0) is 84.1 Å². The Morgan fingerprint density at radius 2 is 1.69 bits per heavy atom. The maximum Gasteiger partial charge on any atom is 0.255 e. The van der Waals surface area contributed by atoms with E-state index < -0.39 is 0 Å². The number of nitrogens with one attached hydrogen (secondary N) is 1. The molecule has 5 rings (SSSR count). The van der Waals surface area contributed by atoms with Crippen LogP contribution < -0.4 is 10.1 Å². The van der Waals surface area contributed by atoms with Crippen LogP contribution in [0, 0.1) is 0 Å². The molecule has 4 aromatic carbocycles. The van der Waals surface area contributed by atoms with Crippen molar-refractivity contribution in [2.75, 3.05) is 5.32 Å². The molecule has 0 radical (unpaired) electrons. The number of anilines is 1. The fourth-order valence-electron chi connectivity index (χ4n) is 3.95. The Morgan fingerprint density at radius 3 is 2.42 bits per heavy atom. The molecule has 0 saturated carbocycles. The van der Waals surface area contributed by atoms with Gasteiger partial charge in [0.15, 0.2) is 5.58 Å². The van der Waals surface area contributed by atoms with Gasteiger partial charge in [0, 0.05) is 16.8 Å². The van der Waals surface area contributed by atoms with E-state index in [-0.39, 0.29) is 5.91 Å². The lowest BCUT2D eigenvalue weighted by molar-refractivity contribution is 0.102. The molecule has 0 bridgehead atoms. The van der Waals surface area contributed by atoms with Crippen molar-refractivity contribution in [2.24, 2.45) is 0 Å². The zero-order valence-electron chi connectivity index (χ0n) is 20.4. The van der Waals surface area contributed by atoms with Crippen molar-refractivity contribution in [3.8, 4) is 17.2 Å². The first-order valence-corrected chi connectivity index (χ1v) is 12.2. The van der Waals surface area contributed by atoms with Crippen molar-refractivity contribution in [1.29, 1.82) is 0 Å². The van der Waals surface area contributed by atoms with E-state index in [9.17, 15) is 4.79 Å². The molecule has 0 aliphatic heterocycles. The Kier molecular flexibility index (Phi) is 6.80. The number of carbonyl (C=O) groups is 1. The Bertz CT molecular complexity index is 1460. The van der Waals surface area contributed by atoms with Crippen molar-refractivity contribution in [1.82, 2.24) is 4.98 Å². The summed E-state index contributed by atoms with van der Waals surface area (Å²) in [5, 5.41) is 2.94. The normalized spacial score (nSPS) is 11.8. The Balaban J connectivity index is 1.22. The molecule has 5 nitrogen and oxygen atoms in total. The highest BCUT2D eigenvalue weighted by Gasteiger charge is 2.12. The van der Waals surface area contributed by atoms with E-state index in [0.717, 1.165) is 34.4 Å². The summed E-state index contributed by atoms with van der Waals surface area (Å²) in [5.41, 5.74) is 6.09. The molecule has 0 spiro atoms. The summed E-state index contributed by atoms with van der Waals surface area (Å²) in [6.07, 6.45) is 1.08. The third-order valence-electron chi connectivity index (χ3n) is 6.35. The molecule has 0 saturated heterocycles. The Morgan fingerprint density at radius 1 is 0.944 bits per heavy atom. The highest BCUT2D eigenvalue weighted by Crippen LogP contribution is 2.28. The molecule has 1 atom stereocenters. The summed E-state index contributed by atoms with van der Waals surface area (Å²) < 4.78 is 11.8. The van der Waals surface area contributed by atoms with E-state index in [4.69, 9.17) is 9.15 Å². The number of benzene rings is 4. The van der Waals surface area contributed by atoms with Gasteiger partial charge in [0.1, 0.15) is 17.9 Å². The number of nitrogens with zero attached hydrogens (tertiary/aromatic N) is 1. The standard InChI is InChI=1S/C31H28N2O3/c1-3-21(2)25-13-18-29-28(19-25)33-31(36-29)24-9-14-26(15-10-24)32-30(34)23-11-16-27(17-12-23)35-20-22-7-5-4-6-8-22/h4-19,21H,3,20H2,1-2H3,(H,32,34)/t21-/m0/s1. The van der Waals surface area contributed by atoms with Gasteiger partial charge in [-0.15, -0.1) is 0 Å². The molecule has 5 heteroatoms. The molecule has 1 N–H and O–H groups in total. The van der Waals surface area contributed by atoms with Gasteiger partial charge in [-0.2, -0.15) is 0 Å². The second-order valence-corrected chi connectivity index (χ2v) is 8.89. The van der Waals surface area contributed by atoms with Crippen LogP contribution >= 0.6 is 0 Å². The average Bonchev–Trinajstić information content (AvgIpc) is 3.36. The Labute approximate surface area is 210 Å². The lowest BCUT2D eigenvalue weighted by Crippen LogP contribution is -2.11. The van der Waals surface area contributed by atoms with E-state index >= 15 is 0 Å². The largest absolute Gasteiger partial charge is 0.489 e. The lowest BCUT2D eigenvalue weighted by atomic mass is 9.98. The number of hydrogen-bond acceptors (Lipinski definition) is 4. The van der Waals surface area contributed by atoms with Crippen LogP contribution in [0.1, 0.15) is 47.7 Å². The maximum atomic E-state index is 12.7. The van der Waals surface area contributed by atoms with E-state index in [1.54, 1.807) is 24.3 Å². The second kappa shape index (κ2) is 10.5. The van der Waals surface area contributed by atoms with Crippen LogP contribution in [-0.4, -0.2) is 10.9 Å². The molecule has 1 aromatic heterocycles. The number of hydrogen-bond donors (Lipinski definition) is 1. The van der Waals surface area contributed by atoms with Crippen LogP contribution in [0.2, 0.25) is 0 Å². The molecule has 0 fully saturated rings. The highest BCUT2D eigenvalue weighted by atomic mass is 16.5. The van der Waals surface area contributed by atoms with Crippen LogP contribution in [-0.2, 0) is 6.61 Å². The predicted octanol–water partition coefficient (Wildman–Crippen LogP) is 7.84. The minimum absolute atomic E-state index is 0.184. The quantitative estimate of drug-likeness (QED) is 0.248. The van der Waals surface area contributed by atoms with Gasteiger partial charge in [0.2, 0.25) is 5.89 Å². The topological polar surface area (TPSA) is 64.4 Å². The van der Waals surface area contributed by atoms with Gasteiger partial charge < -0.3 is 14.5 Å². The average molecular weight is 477 g/mol. The fourth-order valence-corrected chi connectivity index (χ4v) is 3.95. The van der Waals surface area contributed by atoms with Crippen molar-refractivity contribution in [3.63, 3.8) is 0 Å². The summed E-state index contributed by atoms with van der Waals surface area (Å²) in [5.74, 6) is 1.58. The van der Waals surface area contributed by atoms with Gasteiger partial charge in [-0.1, -0.05) is 50.2 Å². The molecule has 1 heterocycles. The van der Waals surface area contributed by atoms with Crippen molar-refractivity contribution in [3.05, 3.63) is 114 Å². The molecule has 0 aliphatic rings. The van der Waals surface area contributed by atoms with Crippen LogP contribution in [0.25, 0.3) is 22.6 Å². The predicted molar refractivity (Wildman–Crippen MR) is 143 cm³/mol. The number of amides is 1. The molecule has 1 amide bonds. The van der Waals surface area contributed by atoms with Gasteiger partial charge >= 0.3 is 0 Å². The van der Waals surface area contributed by atoms with E-state index in [1.165, 1.54) is 5.56 Å². The van der Waals surface area contributed by atoms with Crippen LogP contribution in [0.4, 0.5) is 5.69 Å². The van der Waals surface area contributed by atoms with Crippen molar-refractivity contribution < 1.29 is 13.9 Å². The van der Waals surface area contributed by atoms with Gasteiger partial charge in [-0.3, -0.25) is 4.79 Å². The fraction of sp³-hybridized carbons (Fsp3) is 0.161. The monoisotopic (exact) mass is 476 g/mol. The number of fused-ring (bicyclic) bond motifs is 1. The van der Waals surface area contributed by atoms with Gasteiger partial charge in [0.25, 0.3) is 5.91 Å². The zero-order chi connectivity index (χ0) is 24.9. The van der Waals surface area contributed by atoms with E-state index in [0.29, 0.717) is 29.7 Å². The number of ether oxygens (including phenoxy) is 1. The second-order valence-electron chi connectivity index (χ2n) is 8.89. The Hall–Kier alpha value is -4.38. The van der Waals surface area contributed by atoms with Crippen molar-refractivity contribution in [2.45, 2.75) is 32.8 Å². The van der Waals surface area contributed by atoms with Crippen LogP contribution in [0.3, 0.4) is 0 Å². The minimum Gasteiger partial charge on any atom is -0.489 e. The molecular weight excluding hydrogens is 448 g/mol. The number of oxazole rings is 1. The summed E-state index contributed by atoms with van der Waals surface area (Å²) in [6, 6.07) is 30.8. The third-order valence-corrected chi connectivity index (χ3v) is 6.35. The molecule has 0 aliphatic carbocycles. The number of aromatic nitrogens is 1. The summed E-state index contributed by atoms with van der Waals surface area (Å²) in [6.45, 7) is 4.88. The molecule has 180 valence electrons. The molecule has 0 unspecified atom stereocenters. The minimum atomic E-state index is -0.184.